The summed E-state index contributed by atoms with van der Waals surface area (Å²) in [7, 11) is 0. The smallest absolute Gasteiger partial charge is 0.0461 e. The zero-order chi connectivity index (χ0) is 37.8. The summed E-state index contributed by atoms with van der Waals surface area (Å²) in [6.07, 6.45) is 0. The summed E-state index contributed by atoms with van der Waals surface area (Å²) >= 11 is 0. The first-order chi connectivity index (χ1) is 24.9. The van der Waals surface area contributed by atoms with Crippen molar-refractivity contribution in [2.45, 2.75) is 83.1 Å². The van der Waals surface area contributed by atoms with Crippen molar-refractivity contribution in [1.29, 1.82) is 0 Å². The van der Waals surface area contributed by atoms with Crippen molar-refractivity contribution in [2.75, 3.05) is 9.80 Å². The van der Waals surface area contributed by atoms with Crippen LogP contribution >= 0.6 is 0 Å². The van der Waals surface area contributed by atoms with E-state index in [9.17, 15) is 0 Å². The van der Waals surface area contributed by atoms with Gasteiger partial charge in [-0.15, -0.1) is 0 Å². The fourth-order valence-corrected chi connectivity index (χ4v) is 4.36. The van der Waals surface area contributed by atoms with Gasteiger partial charge in [0.05, 0.1) is 0 Å². The summed E-state index contributed by atoms with van der Waals surface area (Å²) in [4.78, 5) is 4.50. The van der Waals surface area contributed by atoms with E-state index in [0.717, 1.165) is 0 Å². The minimum atomic E-state index is 1.17. The van der Waals surface area contributed by atoms with Gasteiger partial charge in [-0.25, -0.2) is 0 Å². The lowest BCUT2D eigenvalue weighted by molar-refractivity contribution is 1.28. The largest absolute Gasteiger partial charge is 0.311 e. The van der Waals surface area contributed by atoms with E-state index in [1.54, 1.807) is 0 Å². The Hall–Kier alpha value is -5.08. The quantitative estimate of drug-likeness (QED) is 0.174. The van der Waals surface area contributed by atoms with Gasteiger partial charge < -0.3 is 9.80 Å². The van der Waals surface area contributed by atoms with E-state index in [-0.39, 0.29) is 0 Å². The van der Waals surface area contributed by atoms with Crippen LogP contribution in [0, 0.1) is 0 Å². The molecule has 0 radical (unpaired) electrons. The van der Waals surface area contributed by atoms with Gasteiger partial charge in [-0.3, -0.25) is 0 Å². The Kier molecular flexibility index (Phi) is 31.8. The molecule has 0 amide bonds. The Balaban J connectivity index is 0. The minimum Gasteiger partial charge on any atom is -0.311 e. The van der Waals surface area contributed by atoms with Gasteiger partial charge in [-0.05, 0) is 72.8 Å². The van der Waals surface area contributed by atoms with Crippen molar-refractivity contribution in [3.05, 3.63) is 182 Å². The molecule has 0 aliphatic heterocycles. The van der Waals surface area contributed by atoms with Crippen LogP contribution in [0.2, 0.25) is 0 Å². The molecule has 2 heteroatoms. The molecule has 0 aliphatic rings. The van der Waals surface area contributed by atoms with E-state index in [0.29, 0.717) is 0 Å². The monoisotopic (exact) mass is 671 g/mol. The maximum Gasteiger partial charge on any atom is 0.0461 e. The molecule has 0 fully saturated rings. The maximum absolute atomic E-state index is 2.25. The van der Waals surface area contributed by atoms with Gasteiger partial charge in [-0.1, -0.05) is 192 Å². The van der Waals surface area contributed by atoms with Crippen LogP contribution in [0.15, 0.2) is 182 Å². The molecule has 0 bridgehead atoms. The van der Waals surface area contributed by atoms with Crippen LogP contribution in [-0.4, -0.2) is 0 Å². The molecule has 0 aliphatic carbocycles. The van der Waals surface area contributed by atoms with E-state index in [1.807, 2.05) is 119 Å². The third-order valence-corrected chi connectivity index (χ3v) is 6.09. The number of nitrogens with zero attached hydrogens (tertiary/aromatic N) is 2. The second-order valence-electron chi connectivity index (χ2n) is 8.68. The van der Waals surface area contributed by atoms with Crippen LogP contribution in [0.5, 0.6) is 0 Å². The Morgan fingerprint density at radius 1 is 0.180 bits per heavy atom. The average Bonchev–Trinajstić information content (AvgIpc) is 3.25. The molecular formula is C48H66N2. The molecule has 0 heterocycles. The summed E-state index contributed by atoms with van der Waals surface area (Å²) in [5.74, 6) is 0. The lowest BCUT2D eigenvalue weighted by atomic mass is 10.2. The highest BCUT2D eigenvalue weighted by atomic mass is 15.1. The predicted octanol–water partition coefficient (Wildman–Crippen LogP) is 16.5. The Labute approximate surface area is 308 Å². The highest BCUT2D eigenvalue weighted by Gasteiger charge is 2.11. The summed E-state index contributed by atoms with van der Waals surface area (Å²) in [5, 5.41) is 0. The molecule has 0 unspecified atom stereocenters. The lowest BCUT2D eigenvalue weighted by Crippen LogP contribution is -2.09. The van der Waals surface area contributed by atoms with E-state index in [4.69, 9.17) is 0 Å². The van der Waals surface area contributed by atoms with Crippen LogP contribution < -0.4 is 9.80 Å². The highest BCUT2D eigenvalue weighted by Crippen LogP contribution is 2.34. The number of hydrogen-bond acceptors (Lipinski definition) is 2. The normalized spacial score (nSPS) is 8.40. The molecular weight excluding hydrogens is 605 g/mol. The van der Waals surface area contributed by atoms with Gasteiger partial charge in [0, 0.05) is 34.1 Å². The van der Waals surface area contributed by atoms with Crippen molar-refractivity contribution in [2.24, 2.45) is 0 Å². The second kappa shape index (κ2) is 33.8. The van der Waals surface area contributed by atoms with Crippen molar-refractivity contribution < 1.29 is 0 Å². The first-order valence-corrected chi connectivity index (χ1v) is 18.8. The average molecular weight is 671 g/mol. The van der Waals surface area contributed by atoms with Crippen LogP contribution in [0.25, 0.3) is 0 Å². The van der Waals surface area contributed by atoms with Gasteiger partial charge in [0.2, 0.25) is 0 Å². The molecule has 6 aromatic rings. The fraction of sp³-hybridized carbons (Fsp3) is 0.250. The zero-order valence-electron chi connectivity index (χ0n) is 33.2. The van der Waals surface area contributed by atoms with Gasteiger partial charge in [0.1, 0.15) is 0 Å². The topological polar surface area (TPSA) is 6.48 Å². The molecule has 268 valence electrons. The van der Waals surface area contributed by atoms with Crippen LogP contribution in [0.3, 0.4) is 0 Å². The molecule has 0 N–H and O–H groups in total. The maximum atomic E-state index is 2.25. The zero-order valence-corrected chi connectivity index (χ0v) is 33.2. The number of benzene rings is 6. The second-order valence-corrected chi connectivity index (χ2v) is 8.68. The summed E-state index contributed by atoms with van der Waals surface area (Å²) < 4.78 is 0. The van der Waals surface area contributed by atoms with Crippen LogP contribution in [0.4, 0.5) is 34.1 Å². The summed E-state index contributed by atoms with van der Waals surface area (Å²) in [6, 6.07) is 62.5. The molecule has 6 rings (SSSR count). The van der Waals surface area contributed by atoms with Crippen LogP contribution in [-0.2, 0) is 0 Å². The van der Waals surface area contributed by atoms with Crippen molar-refractivity contribution in [3.63, 3.8) is 0 Å². The number of hydrogen-bond donors (Lipinski definition) is 0. The van der Waals surface area contributed by atoms with E-state index >= 15 is 0 Å². The van der Waals surface area contributed by atoms with Gasteiger partial charge in [-0.2, -0.15) is 0 Å². The number of para-hydroxylation sites is 6. The molecule has 0 aromatic heterocycles. The third-order valence-electron chi connectivity index (χ3n) is 6.09. The Bertz CT molecular complexity index is 1170. The predicted molar refractivity (Wildman–Crippen MR) is 230 cm³/mol. The van der Waals surface area contributed by atoms with Crippen molar-refractivity contribution in [3.8, 4) is 0 Å². The standard InChI is InChI=1S/2C18H15N.6C2H6/c2*1-4-10-16(11-5-1)19(17-12-6-2-7-13-17)18-14-8-3-9-15-18;6*1-2/h2*1-15H;6*1-2H3. The van der Waals surface area contributed by atoms with Crippen molar-refractivity contribution in [1.82, 2.24) is 0 Å². The number of anilines is 6. The van der Waals surface area contributed by atoms with Crippen LogP contribution in [0.1, 0.15) is 83.1 Å². The summed E-state index contributed by atoms with van der Waals surface area (Å²) in [6.45, 7) is 24.0. The highest BCUT2D eigenvalue weighted by molar-refractivity contribution is 5.77. The Morgan fingerprint density at radius 2 is 0.280 bits per heavy atom. The lowest BCUT2D eigenvalue weighted by Gasteiger charge is -2.25. The van der Waals surface area contributed by atoms with E-state index in [2.05, 4.69) is 155 Å². The molecule has 50 heavy (non-hydrogen) atoms. The molecule has 2 nitrogen and oxygen atoms in total. The minimum absolute atomic E-state index is 1.17. The fourth-order valence-electron chi connectivity index (χ4n) is 4.36. The first-order valence-electron chi connectivity index (χ1n) is 18.8. The third kappa shape index (κ3) is 16.8. The van der Waals surface area contributed by atoms with Gasteiger partial charge in [0.25, 0.3) is 0 Å². The van der Waals surface area contributed by atoms with Gasteiger partial charge >= 0.3 is 0 Å². The van der Waals surface area contributed by atoms with Gasteiger partial charge in [0.15, 0.2) is 0 Å². The van der Waals surface area contributed by atoms with E-state index < -0.39 is 0 Å². The molecule has 0 atom stereocenters. The molecule has 0 spiro atoms. The molecule has 0 saturated carbocycles. The van der Waals surface area contributed by atoms with E-state index in [1.165, 1.54) is 34.1 Å². The molecule has 6 aromatic carbocycles. The Morgan fingerprint density at radius 3 is 0.380 bits per heavy atom. The molecule has 0 saturated heterocycles. The SMILES string of the molecule is CC.CC.CC.CC.CC.CC.c1ccc(N(c2ccccc2)c2ccccc2)cc1.c1ccc(N(c2ccccc2)c2ccccc2)cc1. The van der Waals surface area contributed by atoms with Crippen molar-refractivity contribution >= 4 is 34.1 Å². The number of rotatable bonds is 6. The summed E-state index contributed by atoms with van der Waals surface area (Å²) in [5.41, 5.74) is 7.00. The first kappa shape index (κ1) is 47.0.